The van der Waals surface area contributed by atoms with Crippen LogP contribution in [-0.4, -0.2) is 40.2 Å². The van der Waals surface area contributed by atoms with Crippen molar-refractivity contribution in [2.24, 2.45) is 7.05 Å². The molecule has 1 fully saturated rings. The van der Waals surface area contributed by atoms with Gasteiger partial charge in [0, 0.05) is 24.5 Å². The van der Waals surface area contributed by atoms with Crippen molar-refractivity contribution in [2.75, 3.05) is 28.2 Å². The average molecular weight is 997 g/mol. The molecule has 5 rings (SSSR count). The van der Waals surface area contributed by atoms with Crippen LogP contribution in [0.25, 0.3) is 0 Å². The van der Waals surface area contributed by atoms with Crippen molar-refractivity contribution < 1.29 is 70.9 Å². The molecule has 1 aliphatic rings. The van der Waals surface area contributed by atoms with Crippen LogP contribution in [-0.2, 0) is 31.4 Å². The Kier molecular flexibility index (Phi) is 17.5. The minimum absolute atomic E-state index is 0. The monoisotopic (exact) mass is 996 g/mol. The Morgan fingerprint density at radius 3 is 1.68 bits per heavy atom. The first-order chi connectivity index (χ1) is 26.4. The fourth-order valence-electron chi connectivity index (χ4n) is 6.36. The van der Waals surface area contributed by atoms with Crippen LogP contribution >= 0.6 is 27.5 Å². The van der Waals surface area contributed by atoms with Gasteiger partial charge in [0.05, 0.1) is 0 Å². The largest absolute Gasteiger partial charge is 1.00 e. The number of aryl methyl sites for hydroxylation is 7. The summed E-state index contributed by atoms with van der Waals surface area (Å²) in [5.74, 6) is -6.81. The Morgan fingerprint density at radius 2 is 1.31 bits per heavy atom. The summed E-state index contributed by atoms with van der Waals surface area (Å²) in [6, 6.07) is 8.29. The molecule has 0 unspecified atom stereocenters. The van der Waals surface area contributed by atoms with Gasteiger partial charge in [0.15, 0.2) is 0 Å². The molecule has 0 atom stereocenters. The predicted molar refractivity (Wildman–Crippen MR) is 211 cm³/mol. The van der Waals surface area contributed by atoms with E-state index in [4.69, 9.17) is 24.1 Å². The van der Waals surface area contributed by atoms with E-state index in [-0.39, 0.29) is 21.1 Å². The number of nitrogens with zero attached hydrogens (tertiary/aromatic N) is 4. The van der Waals surface area contributed by atoms with Gasteiger partial charge in [-0.15, -0.1) is 0 Å². The molecule has 1 amide bonds. The van der Waals surface area contributed by atoms with Gasteiger partial charge in [-0.1, -0.05) is 35.4 Å². The molecule has 1 saturated heterocycles. The van der Waals surface area contributed by atoms with Gasteiger partial charge in [-0.25, -0.2) is 0 Å². The summed E-state index contributed by atoms with van der Waals surface area (Å²) in [6.07, 6.45) is 2.45. The van der Waals surface area contributed by atoms with E-state index in [0.29, 0.717) is 11.3 Å². The Labute approximate surface area is 350 Å². The maximum absolute atomic E-state index is 14.3. The molecule has 0 aliphatic carbocycles. The number of carbonyl (C=O) groups is 1. The Bertz CT molecular complexity index is 2020. The Hall–Kier alpha value is -3.46. The van der Waals surface area contributed by atoms with E-state index >= 15 is 0 Å². The van der Waals surface area contributed by atoms with Crippen molar-refractivity contribution in [3.8, 4) is 5.75 Å². The second kappa shape index (κ2) is 19.9. The van der Waals surface area contributed by atoms with Gasteiger partial charge in [-0.05, 0) is 63.8 Å². The zero-order valence-electron chi connectivity index (χ0n) is 33.4. The number of nitrogens with one attached hydrogen (secondary N) is 1. The minimum atomic E-state index is -8.55. The molecule has 59 heavy (non-hydrogen) atoms. The number of benzene rings is 3. The van der Waals surface area contributed by atoms with Crippen LogP contribution in [0.4, 0.5) is 55.6 Å². The van der Waals surface area contributed by atoms with Gasteiger partial charge >= 0.3 is 207 Å². The second-order valence-corrected chi connectivity index (χ2v) is 20.9. The Morgan fingerprint density at radius 1 is 0.864 bits per heavy atom. The quantitative estimate of drug-likeness (QED) is 0.0599. The van der Waals surface area contributed by atoms with Crippen molar-refractivity contribution in [1.82, 2.24) is 4.57 Å². The molecule has 7 nitrogen and oxygen atoms in total. The van der Waals surface area contributed by atoms with Gasteiger partial charge in [0.1, 0.15) is 0 Å². The van der Waals surface area contributed by atoms with Crippen molar-refractivity contribution in [1.29, 1.82) is 0 Å². The number of amides is 1. The molecule has 0 spiro atoms. The number of rotatable bonds is 9. The van der Waals surface area contributed by atoms with Crippen LogP contribution in [0.15, 0.2) is 61.2 Å². The first-order valence-corrected chi connectivity index (χ1v) is 24.5. The summed E-state index contributed by atoms with van der Waals surface area (Å²) < 4.78 is 114. The van der Waals surface area contributed by atoms with Gasteiger partial charge in [0.2, 0.25) is 0 Å². The molecular formula is C38H45Cl2F10N5O2PRu-. The fraction of sp³-hybridized carbons (Fsp3) is 0.368. The molecule has 2 heterocycles. The maximum Gasteiger partial charge on any atom is -1.00 e. The SMILES string of the molecule is CC(C)Oc1ccc(NC(=O)C(F)(F)C(F)(F)n2cc[n+](C)c2)cc1[CH]=[Ru]([Cl])[Cl].Cc1cc(C)c(N2[CH-]N(c3c(C)cc(C)cc3C)CC2)c(C)c1.FP(F)(F)(F)F.[F-]. The van der Waals surface area contributed by atoms with E-state index < -0.39 is 39.6 Å². The van der Waals surface area contributed by atoms with Gasteiger partial charge < -0.3 is 14.5 Å². The van der Waals surface area contributed by atoms with Crippen molar-refractivity contribution in [3.05, 3.63) is 107 Å². The van der Waals surface area contributed by atoms with E-state index in [1.165, 1.54) is 74.6 Å². The van der Waals surface area contributed by atoms with Crippen LogP contribution in [0, 0.1) is 48.2 Å². The number of hydrogen-bond acceptors (Lipinski definition) is 4. The van der Waals surface area contributed by atoms with Crippen molar-refractivity contribution in [3.63, 3.8) is 0 Å². The van der Waals surface area contributed by atoms with E-state index in [0.717, 1.165) is 36.4 Å². The molecule has 1 aromatic heterocycles. The summed E-state index contributed by atoms with van der Waals surface area (Å²) in [6.45, 7) is 21.1. The third kappa shape index (κ3) is 14.9. The van der Waals surface area contributed by atoms with E-state index in [1.54, 1.807) is 13.8 Å². The average Bonchev–Trinajstić information content (AvgIpc) is 3.70. The van der Waals surface area contributed by atoms with E-state index in [2.05, 4.69) is 82.3 Å². The van der Waals surface area contributed by atoms with Crippen LogP contribution in [0.1, 0.15) is 52.8 Å². The number of alkyl halides is 4. The molecule has 21 heteroatoms. The standard InChI is InChI=1S/C21H27N2.C17H17F4N3O2.2ClH.F5P.FH.Ru/c1-14-9-16(3)20(17(4)10-14)22-7-8-23(13-22)21-18(5)11-15(2)12-19(21)6;1-11(2)26-14-6-5-13(9-12(14)3)22-15(25)16(18,19)17(20,21)24-8-7-23(4)10-24;;;1-6(2,3,4)5;;/h9-13H,7-8H2,1-6H3;3,5-11H,1-2,4H3;2*1H;;1H;/q-1;;;;;;+2/p-2. The number of carbonyl (C=O) groups excluding carboxylic acids is 1. The summed E-state index contributed by atoms with van der Waals surface area (Å²) in [5, 5.41) is 1.82. The van der Waals surface area contributed by atoms with Crippen LogP contribution in [0.3, 0.4) is 0 Å². The fourth-order valence-corrected chi connectivity index (χ4v) is 8.15. The van der Waals surface area contributed by atoms with Gasteiger partial charge in [-0.2, -0.15) is 6.67 Å². The van der Waals surface area contributed by atoms with Crippen molar-refractivity contribution in [2.45, 2.75) is 73.5 Å². The minimum Gasteiger partial charge on any atom is -1.00 e. The van der Waals surface area contributed by atoms with Gasteiger partial charge in [-0.3, -0.25) is 0 Å². The smallest absolute Gasteiger partial charge is 1.00 e. The molecule has 0 bridgehead atoms. The summed E-state index contributed by atoms with van der Waals surface area (Å²) in [5.41, 5.74) is 11.1. The summed E-state index contributed by atoms with van der Waals surface area (Å²) in [4.78, 5) is 16.8. The topological polar surface area (TPSA) is 53.6 Å². The van der Waals surface area contributed by atoms with E-state index in [9.17, 15) is 43.3 Å². The number of anilines is 3. The first-order valence-electron chi connectivity index (χ1n) is 17.3. The second-order valence-electron chi connectivity index (χ2n) is 13.9. The maximum atomic E-state index is 14.3. The predicted octanol–water partition coefficient (Wildman–Crippen LogP) is 8.95. The number of imidazole rings is 1. The zero-order chi connectivity index (χ0) is 44.2. The Balaban J connectivity index is 0.000000358. The number of halogens is 12. The summed E-state index contributed by atoms with van der Waals surface area (Å²) in [7, 11) is 4.57. The number of ether oxygens (including phenoxy) is 1. The molecule has 4 aromatic rings. The van der Waals surface area contributed by atoms with Crippen LogP contribution < -0.4 is 29.1 Å². The van der Waals surface area contributed by atoms with E-state index in [1.807, 2.05) is 5.32 Å². The molecular weight excluding hydrogens is 951 g/mol. The first kappa shape index (κ1) is 51.7. The molecule has 332 valence electrons. The zero-order valence-corrected chi connectivity index (χ0v) is 37.5. The van der Waals surface area contributed by atoms with Gasteiger partial charge in [0.25, 0.3) is 0 Å². The molecule has 0 radical (unpaired) electrons. The molecule has 3 aromatic carbocycles. The third-order valence-corrected chi connectivity index (χ3v) is 10.1. The molecule has 1 aliphatic heterocycles. The molecule has 1 N–H and O–H groups in total. The van der Waals surface area contributed by atoms with Crippen LogP contribution in [0.2, 0.25) is 0 Å². The number of aromatic nitrogens is 2. The van der Waals surface area contributed by atoms with Crippen LogP contribution in [0.5, 0.6) is 5.75 Å². The third-order valence-electron chi connectivity index (χ3n) is 8.28. The molecule has 0 saturated carbocycles. The summed E-state index contributed by atoms with van der Waals surface area (Å²) >= 11 is -2.32. The normalized spacial score (nSPS) is 13.9. The number of hydrogen-bond donors (Lipinski definition) is 1. The van der Waals surface area contributed by atoms with Crippen molar-refractivity contribution >= 4 is 55.1 Å².